The molecular weight excluding hydrogens is 254 g/mol. The number of rotatable bonds is 1. The van der Waals surface area contributed by atoms with E-state index in [1.165, 1.54) is 6.33 Å². The third-order valence-corrected chi connectivity index (χ3v) is 3.13. The molecule has 0 radical (unpaired) electrons. The molecule has 0 aromatic carbocycles. The molecule has 7 heteroatoms. The first kappa shape index (κ1) is 12.6. The summed E-state index contributed by atoms with van der Waals surface area (Å²) in [6, 6.07) is 1.86. The molecule has 20 heavy (non-hydrogen) atoms. The van der Waals surface area contributed by atoms with Crippen molar-refractivity contribution in [2.45, 2.75) is 33.1 Å². The van der Waals surface area contributed by atoms with Crippen LogP contribution in [0, 0.1) is 6.92 Å². The van der Waals surface area contributed by atoms with E-state index in [1.807, 2.05) is 13.0 Å². The van der Waals surface area contributed by atoms with Crippen LogP contribution in [-0.2, 0) is 5.41 Å². The number of anilines is 1. The highest BCUT2D eigenvalue weighted by Gasteiger charge is 2.26. The number of nitrogens with zero attached hydrogens (tertiary/aromatic N) is 5. The summed E-state index contributed by atoms with van der Waals surface area (Å²) in [5.74, 6) is 1.21. The van der Waals surface area contributed by atoms with Crippen LogP contribution in [0.15, 0.2) is 12.4 Å². The molecule has 0 saturated carbocycles. The van der Waals surface area contributed by atoms with Crippen LogP contribution in [0.3, 0.4) is 0 Å². The number of nitrogens with two attached hydrogens (primary N) is 1. The Morgan fingerprint density at radius 2 is 2.00 bits per heavy atom. The zero-order valence-electron chi connectivity index (χ0n) is 12.0. The molecule has 3 heterocycles. The second kappa shape index (κ2) is 4.03. The van der Waals surface area contributed by atoms with Gasteiger partial charge in [-0.1, -0.05) is 20.8 Å². The summed E-state index contributed by atoms with van der Waals surface area (Å²) in [5.41, 5.74) is 8.31. The molecule has 104 valence electrons. The molecular formula is C13H17N7. The van der Waals surface area contributed by atoms with Gasteiger partial charge in [-0.3, -0.25) is 5.10 Å². The van der Waals surface area contributed by atoms with E-state index in [0.717, 1.165) is 16.8 Å². The number of hydrogen-bond donors (Lipinski definition) is 2. The molecule has 0 fully saturated rings. The number of aryl methyl sites for hydroxylation is 1. The van der Waals surface area contributed by atoms with E-state index in [-0.39, 0.29) is 5.41 Å². The van der Waals surface area contributed by atoms with E-state index >= 15 is 0 Å². The SMILES string of the molecule is Cc1cc(-n2nc(C(C)(C)C)c3c(N)[nH]nc32)ncn1. The fraction of sp³-hybridized carbons (Fsp3) is 0.385. The van der Waals surface area contributed by atoms with E-state index in [0.29, 0.717) is 17.3 Å². The van der Waals surface area contributed by atoms with Gasteiger partial charge in [-0.25, -0.2) is 9.97 Å². The number of H-pyrrole nitrogens is 1. The monoisotopic (exact) mass is 271 g/mol. The minimum Gasteiger partial charge on any atom is -0.383 e. The summed E-state index contributed by atoms with van der Waals surface area (Å²) in [7, 11) is 0. The van der Waals surface area contributed by atoms with Gasteiger partial charge in [0.05, 0.1) is 11.1 Å². The van der Waals surface area contributed by atoms with Crippen LogP contribution in [0.2, 0.25) is 0 Å². The van der Waals surface area contributed by atoms with Gasteiger partial charge in [0.25, 0.3) is 0 Å². The number of aromatic amines is 1. The summed E-state index contributed by atoms with van der Waals surface area (Å²) < 4.78 is 1.71. The Balaban J connectivity index is 2.33. The zero-order valence-corrected chi connectivity index (χ0v) is 12.0. The van der Waals surface area contributed by atoms with Crippen LogP contribution in [0.4, 0.5) is 5.82 Å². The topological polar surface area (TPSA) is 98.3 Å². The Morgan fingerprint density at radius 1 is 1.25 bits per heavy atom. The number of aromatic nitrogens is 6. The van der Waals surface area contributed by atoms with Gasteiger partial charge in [-0.15, -0.1) is 0 Å². The van der Waals surface area contributed by atoms with Gasteiger partial charge in [0.2, 0.25) is 0 Å². The van der Waals surface area contributed by atoms with Crippen molar-refractivity contribution in [1.29, 1.82) is 0 Å². The van der Waals surface area contributed by atoms with Crippen molar-refractivity contribution in [3.8, 4) is 5.82 Å². The largest absolute Gasteiger partial charge is 0.383 e. The van der Waals surface area contributed by atoms with Gasteiger partial charge in [0.1, 0.15) is 12.1 Å². The van der Waals surface area contributed by atoms with Crippen molar-refractivity contribution in [3.63, 3.8) is 0 Å². The second-order valence-corrected chi connectivity index (χ2v) is 5.86. The maximum Gasteiger partial charge on any atom is 0.188 e. The standard InChI is InChI=1S/C13H17N7/c1-7-5-8(16-6-15-7)20-12-9(11(14)17-18-12)10(19-20)13(2,3)4/h5-6H,1-4H3,(H3,14,17,18). The maximum absolute atomic E-state index is 5.99. The Kier molecular flexibility index (Phi) is 2.53. The van der Waals surface area contributed by atoms with Gasteiger partial charge >= 0.3 is 0 Å². The molecule has 0 aliphatic heterocycles. The molecule has 0 amide bonds. The summed E-state index contributed by atoms with van der Waals surface area (Å²) in [4.78, 5) is 8.36. The molecule has 0 spiro atoms. The van der Waals surface area contributed by atoms with E-state index in [9.17, 15) is 0 Å². The smallest absolute Gasteiger partial charge is 0.188 e. The molecule has 3 N–H and O–H groups in total. The fourth-order valence-electron chi connectivity index (χ4n) is 2.17. The Labute approximate surface area is 116 Å². The first-order valence-corrected chi connectivity index (χ1v) is 6.40. The Hall–Kier alpha value is -2.44. The highest BCUT2D eigenvalue weighted by Crippen LogP contribution is 2.32. The summed E-state index contributed by atoms with van der Waals surface area (Å²) in [6.07, 6.45) is 1.52. The predicted octanol–water partition coefficient (Wildman–Crippen LogP) is 1.73. The molecule has 3 aromatic rings. The fourth-order valence-corrected chi connectivity index (χ4v) is 2.17. The van der Waals surface area contributed by atoms with Crippen LogP contribution >= 0.6 is 0 Å². The average molecular weight is 271 g/mol. The zero-order chi connectivity index (χ0) is 14.5. The number of hydrogen-bond acceptors (Lipinski definition) is 5. The minimum absolute atomic E-state index is 0.135. The molecule has 0 saturated heterocycles. The molecule has 3 aromatic heterocycles. The third kappa shape index (κ3) is 1.82. The highest BCUT2D eigenvalue weighted by atomic mass is 15.4. The lowest BCUT2D eigenvalue weighted by atomic mass is 9.91. The van der Waals surface area contributed by atoms with Gasteiger partial charge in [0, 0.05) is 17.2 Å². The lowest BCUT2D eigenvalue weighted by Crippen LogP contribution is -2.14. The van der Waals surface area contributed by atoms with Crippen LogP contribution in [0.1, 0.15) is 32.2 Å². The molecule has 0 atom stereocenters. The van der Waals surface area contributed by atoms with Crippen molar-refractivity contribution < 1.29 is 0 Å². The van der Waals surface area contributed by atoms with E-state index in [4.69, 9.17) is 5.73 Å². The van der Waals surface area contributed by atoms with Gasteiger partial charge in [-0.05, 0) is 6.92 Å². The molecule has 0 bridgehead atoms. The van der Waals surface area contributed by atoms with Crippen LogP contribution in [0.5, 0.6) is 0 Å². The average Bonchev–Trinajstić information content (AvgIpc) is 2.90. The van der Waals surface area contributed by atoms with E-state index < -0.39 is 0 Å². The second-order valence-electron chi connectivity index (χ2n) is 5.86. The maximum atomic E-state index is 5.99. The number of nitrogen functional groups attached to an aromatic ring is 1. The quantitative estimate of drug-likeness (QED) is 0.702. The molecule has 0 unspecified atom stereocenters. The predicted molar refractivity (Wildman–Crippen MR) is 76.7 cm³/mol. The summed E-state index contributed by atoms with van der Waals surface area (Å²) in [6.45, 7) is 8.19. The minimum atomic E-state index is -0.135. The van der Waals surface area contributed by atoms with Crippen molar-refractivity contribution in [3.05, 3.63) is 23.8 Å². The molecule has 0 aliphatic carbocycles. The van der Waals surface area contributed by atoms with Crippen LogP contribution < -0.4 is 5.73 Å². The molecule has 3 rings (SSSR count). The summed E-state index contributed by atoms with van der Waals surface area (Å²) >= 11 is 0. The highest BCUT2D eigenvalue weighted by molar-refractivity contribution is 5.90. The van der Waals surface area contributed by atoms with Crippen LogP contribution in [0.25, 0.3) is 16.9 Å². The van der Waals surface area contributed by atoms with Crippen LogP contribution in [-0.4, -0.2) is 29.9 Å². The van der Waals surface area contributed by atoms with Gasteiger partial charge in [0.15, 0.2) is 11.5 Å². The Bertz CT molecular complexity index is 776. The lowest BCUT2D eigenvalue weighted by Gasteiger charge is -2.15. The van der Waals surface area contributed by atoms with Gasteiger partial charge in [-0.2, -0.15) is 14.9 Å². The molecule has 7 nitrogen and oxygen atoms in total. The van der Waals surface area contributed by atoms with Crippen molar-refractivity contribution >= 4 is 16.9 Å². The first-order valence-electron chi connectivity index (χ1n) is 6.40. The van der Waals surface area contributed by atoms with E-state index in [2.05, 4.69) is 46.0 Å². The molecule has 0 aliphatic rings. The van der Waals surface area contributed by atoms with Crippen molar-refractivity contribution in [2.24, 2.45) is 0 Å². The normalized spacial score (nSPS) is 12.2. The van der Waals surface area contributed by atoms with Gasteiger partial charge < -0.3 is 5.73 Å². The van der Waals surface area contributed by atoms with E-state index in [1.54, 1.807) is 4.68 Å². The van der Waals surface area contributed by atoms with Crippen molar-refractivity contribution in [1.82, 2.24) is 29.9 Å². The third-order valence-electron chi connectivity index (χ3n) is 3.13. The number of fused-ring (bicyclic) bond motifs is 1. The first-order chi connectivity index (χ1) is 9.38. The number of nitrogens with one attached hydrogen (secondary N) is 1. The van der Waals surface area contributed by atoms with Crippen molar-refractivity contribution in [2.75, 3.05) is 5.73 Å². The Morgan fingerprint density at radius 3 is 2.65 bits per heavy atom. The summed E-state index contributed by atoms with van der Waals surface area (Å²) in [5, 5.41) is 12.6. The lowest BCUT2D eigenvalue weighted by molar-refractivity contribution is 0.563.